The Kier molecular flexibility index (Phi) is 8.06. The third-order valence-electron chi connectivity index (χ3n) is 5.57. The van der Waals surface area contributed by atoms with Gasteiger partial charge in [-0.05, 0) is 49.9 Å². The maximum absolute atomic E-state index is 11.6. The van der Waals surface area contributed by atoms with Crippen molar-refractivity contribution in [1.82, 2.24) is 15.5 Å². The molecule has 1 saturated heterocycles. The predicted molar refractivity (Wildman–Crippen MR) is 125 cm³/mol. The van der Waals surface area contributed by atoms with E-state index in [0.29, 0.717) is 18.6 Å². The van der Waals surface area contributed by atoms with Gasteiger partial charge < -0.3 is 10.6 Å². The van der Waals surface area contributed by atoms with Crippen molar-refractivity contribution in [2.45, 2.75) is 56.8 Å². The van der Waals surface area contributed by atoms with Crippen molar-refractivity contribution >= 4 is 16.0 Å². The van der Waals surface area contributed by atoms with E-state index in [9.17, 15) is 8.42 Å². The number of nitrogens with two attached hydrogens (primary N) is 1. The molecule has 0 amide bonds. The van der Waals surface area contributed by atoms with Gasteiger partial charge in [0.15, 0.2) is 5.96 Å². The molecule has 3 rings (SSSR count). The molecule has 2 aromatic carbocycles. The van der Waals surface area contributed by atoms with Gasteiger partial charge in [0.1, 0.15) is 0 Å². The summed E-state index contributed by atoms with van der Waals surface area (Å²) in [5.74, 6) is 0.747. The fourth-order valence-electron chi connectivity index (χ4n) is 3.91. The van der Waals surface area contributed by atoms with E-state index in [0.717, 1.165) is 44.0 Å². The molecule has 0 aliphatic carbocycles. The number of piperidine rings is 1. The zero-order chi connectivity index (χ0) is 22.3. The summed E-state index contributed by atoms with van der Waals surface area (Å²) in [6, 6.07) is 18.0. The molecule has 31 heavy (non-hydrogen) atoms. The number of nitrogens with one attached hydrogen (secondary N) is 2. The van der Waals surface area contributed by atoms with Gasteiger partial charge in [-0.2, -0.15) is 0 Å². The number of rotatable bonds is 7. The van der Waals surface area contributed by atoms with Crippen LogP contribution < -0.4 is 15.8 Å². The lowest BCUT2D eigenvalue weighted by Gasteiger charge is -2.38. The molecule has 1 aliphatic heterocycles. The topological polar surface area (TPSA) is 99.8 Å². The van der Waals surface area contributed by atoms with E-state index in [1.54, 1.807) is 12.1 Å². The van der Waals surface area contributed by atoms with E-state index in [1.165, 1.54) is 11.6 Å². The normalized spacial score (nSPS) is 20.4. The number of hydrogen-bond donors (Lipinski definition) is 3. The lowest BCUT2D eigenvalue weighted by atomic mass is 9.97. The average Bonchev–Trinajstić information content (AvgIpc) is 2.74. The Labute approximate surface area is 185 Å². The van der Waals surface area contributed by atoms with Crippen LogP contribution in [0.2, 0.25) is 0 Å². The molecule has 1 fully saturated rings. The first kappa shape index (κ1) is 23.2. The number of hydrogen-bond acceptors (Lipinski definition) is 4. The summed E-state index contributed by atoms with van der Waals surface area (Å²) < 4.78 is 23.1. The molecule has 0 radical (unpaired) electrons. The summed E-state index contributed by atoms with van der Waals surface area (Å²) in [6.07, 6.45) is 2.08. The minimum atomic E-state index is -3.72. The summed E-state index contributed by atoms with van der Waals surface area (Å²) in [6.45, 7) is 7.45. The monoisotopic (exact) mass is 443 g/mol. The highest BCUT2D eigenvalue weighted by atomic mass is 32.2. The average molecular weight is 444 g/mol. The van der Waals surface area contributed by atoms with Crippen LogP contribution in [0, 0.1) is 0 Å². The molecule has 4 N–H and O–H groups in total. The van der Waals surface area contributed by atoms with E-state index in [2.05, 4.69) is 57.8 Å². The first-order chi connectivity index (χ1) is 14.8. The predicted octanol–water partition coefficient (Wildman–Crippen LogP) is 2.44. The van der Waals surface area contributed by atoms with Gasteiger partial charge in [0.05, 0.1) is 11.4 Å². The van der Waals surface area contributed by atoms with Gasteiger partial charge in [0.25, 0.3) is 0 Å². The number of sulfonamides is 1. The van der Waals surface area contributed by atoms with E-state index in [1.807, 2.05) is 13.0 Å². The Morgan fingerprint density at radius 3 is 2.58 bits per heavy atom. The third-order valence-corrected chi connectivity index (χ3v) is 6.49. The van der Waals surface area contributed by atoms with Gasteiger partial charge in [0.2, 0.25) is 10.0 Å². The smallest absolute Gasteiger partial charge is 0.238 e. The molecule has 0 bridgehead atoms. The maximum atomic E-state index is 11.6. The van der Waals surface area contributed by atoms with Gasteiger partial charge in [-0.3, -0.25) is 4.90 Å². The molecule has 2 unspecified atom stereocenters. The van der Waals surface area contributed by atoms with E-state index in [-0.39, 0.29) is 4.90 Å². The fraction of sp³-hybridized carbons (Fsp3) is 0.435. The molecule has 8 heteroatoms. The Bertz CT molecular complexity index is 978. The molecule has 1 heterocycles. The van der Waals surface area contributed by atoms with Crippen molar-refractivity contribution in [3.63, 3.8) is 0 Å². The molecule has 2 atom stereocenters. The molecule has 0 spiro atoms. The number of likely N-dealkylation sites (tertiary alicyclic amines) is 1. The minimum absolute atomic E-state index is 0.109. The van der Waals surface area contributed by atoms with Crippen LogP contribution >= 0.6 is 0 Å². The summed E-state index contributed by atoms with van der Waals surface area (Å²) in [7, 11) is -3.72. The molecule has 2 aromatic rings. The maximum Gasteiger partial charge on any atom is 0.238 e. The van der Waals surface area contributed by atoms with Crippen LogP contribution in [-0.2, 0) is 23.1 Å². The highest BCUT2D eigenvalue weighted by Gasteiger charge is 2.26. The lowest BCUT2D eigenvalue weighted by Crippen LogP contribution is -2.51. The van der Waals surface area contributed by atoms with Crippen LogP contribution in [0.5, 0.6) is 0 Å². The van der Waals surface area contributed by atoms with E-state index >= 15 is 0 Å². The molecular weight excluding hydrogens is 410 g/mol. The summed E-state index contributed by atoms with van der Waals surface area (Å²) in [5, 5.41) is 12.1. The third kappa shape index (κ3) is 7.05. The van der Waals surface area contributed by atoms with Crippen molar-refractivity contribution in [3.8, 4) is 0 Å². The van der Waals surface area contributed by atoms with Crippen molar-refractivity contribution in [2.75, 3.05) is 13.1 Å². The Morgan fingerprint density at radius 1 is 1.16 bits per heavy atom. The SMILES string of the molecule is CCNC(=NCc1cccc(S(N)(=O)=O)c1)NC1CCN(Cc2ccccc2)C(C)C1. The quantitative estimate of drug-likeness (QED) is 0.451. The molecule has 1 aliphatic rings. The number of primary sulfonamides is 1. The second kappa shape index (κ2) is 10.7. The van der Waals surface area contributed by atoms with Crippen molar-refractivity contribution in [2.24, 2.45) is 10.1 Å². The van der Waals surface area contributed by atoms with Crippen molar-refractivity contribution in [3.05, 3.63) is 65.7 Å². The zero-order valence-electron chi connectivity index (χ0n) is 18.3. The van der Waals surface area contributed by atoms with Gasteiger partial charge in [-0.1, -0.05) is 42.5 Å². The molecular formula is C23H33N5O2S. The zero-order valence-corrected chi connectivity index (χ0v) is 19.1. The van der Waals surface area contributed by atoms with Crippen molar-refractivity contribution in [1.29, 1.82) is 0 Å². The Morgan fingerprint density at radius 2 is 1.90 bits per heavy atom. The van der Waals surface area contributed by atoms with Crippen LogP contribution in [-0.4, -0.2) is 44.5 Å². The van der Waals surface area contributed by atoms with Crippen LogP contribution in [0.4, 0.5) is 0 Å². The first-order valence-corrected chi connectivity index (χ1v) is 12.3. The van der Waals surface area contributed by atoms with Crippen LogP contribution in [0.15, 0.2) is 64.5 Å². The number of aliphatic imine (C=N–C) groups is 1. The summed E-state index contributed by atoms with van der Waals surface area (Å²) in [5.41, 5.74) is 2.15. The van der Waals surface area contributed by atoms with Crippen LogP contribution in [0.1, 0.15) is 37.8 Å². The molecule has 0 saturated carbocycles. The summed E-state index contributed by atoms with van der Waals surface area (Å²) in [4.78, 5) is 7.29. The lowest BCUT2D eigenvalue weighted by molar-refractivity contribution is 0.134. The highest BCUT2D eigenvalue weighted by molar-refractivity contribution is 7.89. The first-order valence-electron chi connectivity index (χ1n) is 10.8. The standard InChI is InChI=1S/C23H33N5O2S/c1-3-25-23(26-16-20-10-7-11-22(15-20)31(24,29)30)27-21-12-13-28(18(2)14-21)17-19-8-5-4-6-9-19/h4-11,15,18,21H,3,12-14,16-17H2,1-2H3,(H2,24,29,30)(H2,25,26,27). The fourth-order valence-corrected chi connectivity index (χ4v) is 4.49. The van der Waals surface area contributed by atoms with E-state index in [4.69, 9.17) is 5.14 Å². The van der Waals surface area contributed by atoms with Crippen LogP contribution in [0.25, 0.3) is 0 Å². The molecule has 0 aromatic heterocycles. The second-order valence-corrected chi connectivity index (χ2v) is 9.62. The molecule has 7 nitrogen and oxygen atoms in total. The van der Waals surface area contributed by atoms with Crippen molar-refractivity contribution < 1.29 is 8.42 Å². The van der Waals surface area contributed by atoms with Gasteiger partial charge in [-0.25, -0.2) is 18.5 Å². The highest BCUT2D eigenvalue weighted by Crippen LogP contribution is 2.20. The second-order valence-electron chi connectivity index (χ2n) is 8.06. The van der Waals surface area contributed by atoms with Crippen LogP contribution in [0.3, 0.4) is 0 Å². The number of nitrogens with zero attached hydrogens (tertiary/aromatic N) is 2. The largest absolute Gasteiger partial charge is 0.357 e. The van der Waals surface area contributed by atoms with Gasteiger partial charge in [-0.15, -0.1) is 0 Å². The number of guanidine groups is 1. The Balaban J connectivity index is 1.59. The van der Waals surface area contributed by atoms with Gasteiger partial charge in [0, 0.05) is 31.7 Å². The minimum Gasteiger partial charge on any atom is -0.357 e. The summed E-state index contributed by atoms with van der Waals surface area (Å²) >= 11 is 0. The number of benzene rings is 2. The Hall–Kier alpha value is -2.42. The van der Waals surface area contributed by atoms with E-state index < -0.39 is 10.0 Å². The molecule has 168 valence electrons. The van der Waals surface area contributed by atoms with Gasteiger partial charge >= 0.3 is 0 Å².